The lowest BCUT2D eigenvalue weighted by Gasteiger charge is -2.15. The number of anilines is 1. The number of nitrogens with one attached hydrogen (secondary N) is 1. The lowest BCUT2D eigenvalue weighted by Crippen LogP contribution is -2.21. The highest BCUT2D eigenvalue weighted by Gasteiger charge is 2.20. The summed E-state index contributed by atoms with van der Waals surface area (Å²) in [4.78, 5) is 25.4. The Morgan fingerprint density at radius 3 is 2.00 bits per heavy atom. The molecule has 0 radical (unpaired) electrons. The molecule has 0 aliphatic rings. The zero-order chi connectivity index (χ0) is 23.4. The highest BCUT2D eigenvalue weighted by molar-refractivity contribution is 5.95. The fraction of sp³-hybridized carbons (Fsp3) is 0.304. The summed E-state index contributed by atoms with van der Waals surface area (Å²) in [7, 11) is 7.42. The van der Waals surface area contributed by atoms with Gasteiger partial charge in [0, 0.05) is 23.2 Å². The van der Waals surface area contributed by atoms with Gasteiger partial charge in [0.15, 0.2) is 22.8 Å². The second-order valence-electron chi connectivity index (χ2n) is 6.81. The van der Waals surface area contributed by atoms with E-state index in [2.05, 4.69) is 5.32 Å². The molecule has 0 atom stereocenters. The molecule has 1 heterocycles. The fourth-order valence-corrected chi connectivity index (χ4v) is 3.49. The van der Waals surface area contributed by atoms with Crippen molar-refractivity contribution in [2.24, 2.45) is 0 Å². The summed E-state index contributed by atoms with van der Waals surface area (Å²) in [6.45, 7) is 1.76. The van der Waals surface area contributed by atoms with Crippen LogP contribution in [0.25, 0.3) is 11.0 Å². The second kappa shape index (κ2) is 9.51. The molecule has 2 aromatic carbocycles. The van der Waals surface area contributed by atoms with Crippen molar-refractivity contribution in [1.29, 1.82) is 0 Å². The van der Waals surface area contributed by atoms with Crippen LogP contribution in [0.2, 0.25) is 0 Å². The van der Waals surface area contributed by atoms with E-state index in [1.807, 2.05) is 0 Å². The second-order valence-corrected chi connectivity index (χ2v) is 6.81. The van der Waals surface area contributed by atoms with E-state index in [0.29, 0.717) is 45.4 Å². The topological polar surface area (TPSA) is 105 Å². The molecule has 9 nitrogen and oxygen atoms in total. The summed E-state index contributed by atoms with van der Waals surface area (Å²) in [6.07, 6.45) is -0.185. The lowest BCUT2D eigenvalue weighted by molar-refractivity contribution is -0.115. The molecular formula is C23H25NO8. The Bertz CT molecular complexity index is 1190. The Hall–Kier alpha value is -3.88. The van der Waals surface area contributed by atoms with Crippen LogP contribution in [0.4, 0.5) is 5.69 Å². The van der Waals surface area contributed by atoms with E-state index in [0.717, 1.165) is 0 Å². The minimum absolute atomic E-state index is 0.185. The number of ether oxygens (including phenoxy) is 5. The van der Waals surface area contributed by atoms with Crippen LogP contribution in [0.3, 0.4) is 0 Å². The van der Waals surface area contributed by atoms with E-state index >= 15 is 0 Å². The van der Waals surface area contributed by atoms with Gasteiger partial charge >= 0.3 is 5.63 Å². The molecule has 1 amide bonds. The first-order valence-corrected chi connectivity index (χ1v) is 9.65. The minimum atomic E-state index is -0.624. The number of hydrogen-bond donors (Lipinski definition) is 1. The van der Waals surface area contributed by atoms with Gasteiger partial charge in [0.25, 0.3) is 0 Å². The number of aryl methyl sites for hydroxylation is 1. The maximum absolute atomic E-state index is 12.8. The maximum atomic E-state index is 12.8. The highest BCUT2D eigenvalue weighted by Crippen LogP contribution is 2.40. The van der Waals surface area contributed by atoms with Crippen molar-refractivity contribution in [3.05, 3.63) is 45.8 Å². The molecule has 0 fully saturated rings. The van der Waals surface area contributed by atoms with Crippen molar-refractivity contribution < 1.29 is 32.9 Å². The van der Waals surface area contributed by atoms with Crippen LogP contribution in [0.5, 0.6) is 28.7 Å². The first-order valence-electron chi connectivity index (χ1n) is 9.65. The molecule has 0 spiro atoms. The Kier molecular flexibility index (Phi) is 6.77. The number of fused-ring (bicyclic) bond motifs is 1. The van der Waals surface area contributed by atoms with Gasteiger partial charge < -0.3 is 33.4 Å². The average molecular weight is 443 g/mol. The molecule has 0 unspecified atom stereocenters. The number of benzene rings is 2. The summed E-state index contributed by atoms with van der Waals surface area (Å²) in [6, 6.07) is 6.68. The quantitative estimate of drug-likeness (QED) is 0.529. The van der Waals surface area contributed by atoms with Gasteiger partial charge in [0.05, 0.1) is 47.5 Å². The largest absolute Gasteiger partial charge is 0.493 e. The number of rotatable bonds is 8. The smallest absolute Gasteiger partial charge is 0.340 e. The monoisotopic (exact) mass is 443 g/mol. The number of carbonyl (C=O) groups excluding carboxylic acids is 1. The predicted octanol–water partition coefficient (Wildman–Crippen LogP) is 3.33. The van der Waals surface area contributed by atoms with Gasteiger partial charge in [0.2, 0.25) is 17.4 Å². The van der Waals surface area contributed by atoms with E-state index in [4.69, 9.17) is 28.1 Å². The van der Waals surface area contributed by atoms with Gasteiger partial charge in [-0.15, -0.1) is 0 Å². The molecule has 0 aliphatic carbocycles. The van der Waals surface area contributed by atoms with Crippen LogP contribution >= 0.6 is 0 Å². The van der Waals surface area contributed by atoms with E-state index in [9.17, 15) is 9.59 Å². The standard InChI is InChI=1S/C23H25NO8/c1-12-14-7-8-16(27-2)22(31-6)20(14)32-23(26)15(12)11-19(25)24-13-9-17(28-3)21(30-5)18(10-13)29-4/h7-10H,11H2,1-6H3,(H,24,25). The first-order chi connectivity index (χ1) is 15.4. The third-order valence-electron chi connectivity index (χ3n) is 5.08. The summed E-state index contributed by atoms with van der Waals surface area (Å²) in [5.41, 5.74) is 0.940. The van der Waals surface area contributed by atoms with Gasteiger partial charge in [0.1, 0.15) is 0 Å². The third-order valence-corrected chi connectivity index (χ3v) is 5.08. The van der Waals surface area contributed by atoms with Crippen molar-refractivity contribution in [2.45, 2.75) is 13.3 Å². The van der Waals surface area contributed by atoms with Crippen LogP contribution in [-0.2, 0) is 11.2 Å². The van der Waals surface area contributed by atoms with Crippen LogP contribution in [0, 0.1) is 6.92 Å². The lowest BCUT2D eigenvalue weighted by atomic mass is 10.0. The Morgan fingerprint density at radius 2 is 1.47 bits per heavy atom. The van der Waals surface area contributed by atoms with Crippen LogP contribution < -0.4 is 34.6 Å². The van der Waals surface area contributed by atoms with Crippen molar-refractivity contribution >= 4 is 22.6 Å². The third kappa shape index (κ3) is 4.14. The van der Waals surface area contributed by atoms with E-state index < -0.39 is 11.5 Å². The van der Waals surface area contributed by atoms with Crippen molar-refractivity contribution in [1.82, 2.24) is 0 Å². The summed E-state index contributed by atoms with van der Waals surface area (Å²) in [5.74, 6) is 1.54. The molecule has 0 bridgehead atoms. The number of amides is 1. The molecule has 1 N–H and O–H groups in total. The van der Waals surface area contributed by atoms with E-state index in [1.54, 1.807) is 31.2 Å². The van der Waals surface area contributed by atoms with Crippen LogP contribution in [0.1, 0.15) is 11.1 Å². The highest BCUT2D eigenvalue weighted by atomic mass is 16.5. The molecule has 32 heavy (non-hydrogen) atoms. The number of hydrogen-bond acceptors (Lipinski definition) is 8. The molecule has 9 heteroatoms. The van der Waals surface area contributed by atoms with E-state index in [1.165, 1.54) is 35.5 Å². The number of carbonyl (C=O) groups is 1. The molecule has 0 saturated carbocycles. The van der Waals surface area contributed by atoms with Crippen LogP contribution in [-0.4, -0.2) is 41.5 Å². The normalized spacial score (nSPS) is 10.6. The zero-order valence-corrected chi connectivity index (χ0v) is 18.8. The van der Waals surface area contributed by atoms with Crippen molar-refractivity contribution in [3.63, 3.8) is 0 Å². The molecule has 170 valence electrons. The Morgan fingerprint density at radius 1 is 0.875 bits per heavy atom. The summed E-state index contributed by atoms with van der Waals surface area (Å²) >= 11 is 0. The van der Waals surface area contributed by atoms with Crippen molar-refractivity contribution in [3.8, 4) is 28.7 Å². The summed E-state index contributed by atoms with van der Waals surface area (Å²) in [5, 5.41) is 3.41. The van der Waals surface area contributed by atoms with Crippen LogP contribution in [0.15, 0.2) is 33.5 Å². The first kappa shape index (κ1) is 22.8. The van der Waals surface area contributed by atoms with Gasteiger partial charge in [-0.2, -0.15) is 0 Å². The Labute approximate surface area is 184 Å². The number of methoxy groups -OCH3 is 5. The molecular weight excluding hydrogens is 418 g/mol. The SMILES string of the molecule is COc1cc(NC(=O)Cc2c(C)c3ccc(OC)c(OC)c3oc2=O)cc(OC)c1OC. The maximum Gasteiger partial charge on any atom is 0.340 e. The van der Waals surface area contributed by atoms with Gasteiger partial charge in [-0.25, -0.2) is 4.79 Å². The van der Waals surface area contributed by atoms with Crippen molar-refractivity contribution in [2.75, 3.05) is 40.9 Å². The zero-order valence-electron chi connectivity index (χ0n) is 18.8. The van der Waals surface area contributed by atoms with E-state index in [-0.39, 0.29) is 17.6 Å². The molecule has 3 rings (SSSR count). The molecule has 1 aromatic heterocycles. The Balaban J connectivity index is 1.95. The molecule has 3 aromatic rings. The van der Waals surface area contributed by atoms with Gasteiger partial charge in [-0.3, -0.25) is 4.79 Å². The molecule has 0 aliphatic heterocycles. The summed E-state index contributed by atoms with van der Waals surface area (Å²) < 4.78 is 32.0. The predicted molar refractivity (Wildman–Crippen MR) is 119 cm³/mol. The van der Waals surface area contributed by atoms with Gasteiger partial charge in [-0.05, 0) is 24.6 Å². The minimum Gasteiger partial charge on any atom is -0.493 e. The average Bonchev–Trinajstić information content (AvgIpc) is 2.80. The fourth-order valence-electron chi connectivity index (χ4n) is 3.49. The van der Waals surface area contributed by atoms with Gasteiger partial charge in [-0.1, -0.05) is 0 Å². The molecule has 0 saturated heterocycles.